The van der Waals surface area contributed by atoms with E-state index in [1.54, 1.807) is 25.4 Å². The zero-order valence-electron chi connectivity index (χ0n) is 19.7. The molecule has 0 atom stereocenters. The van der Waals surface area contributed by atoms with Crippen molar-refractivity contribution in [3.05, 3.63) is 59.7 Å². The highest BCUT2D eigenvalue weighted by Crippen LogP contribution is 2.31. The third-order valence-electron chi connectivity index (χ3n) is 6.66. The van der Waals surface area contributed by atoms with Crippen LogP contribution in [0.4, 0.5) is 4.39 Å². The van der Waals surface area contributed by atoms with Crippen molar-refractivity contribution in [1.29, 1.82) is 0 Å². The minimum absolute atomic E-state index is 0.0653. The summed E-state index contributed by atoms with van der Waals surface area (Å²) in [5.41, 5.74) is 5.34. The van der Waals surface area contributed by atoms with Crippen LogP contribution >= 0.6 is 0 Å². The number of fused-ring (bicyclic) bond motifs is 1. The summed E-state index contributed by atoms with van der Waals surface area (Å²) in [4.78, 5) is 27.8. The number of rotatable bonds is 6. The maximum absolute atomic E-state index is 13.8. The van der Waals surface area contributed by atoms with Gasteiger partial charge in [0.1, 0.15) is 17.7 Å². The molecule has 0 unspecified atom stereocenters. The molecule has 3 aromatic heterocycles. The maximum Gasteiger partial charge on any atom is 0.303 e. The first-order valence-corrected chi connectivity index (χ1v) is 11.8. The van der Waals surface area contributed by atoms with E-state index < -0.39 is 5.97 Å². The molecule has 0 amide bonds. The molecule has 1 saturated carbocycles. The van der Waals surface area contributed by atoms with E-state index in [-0.39, 0.29) is 24.3 Å². The first-order valence-electron chi connectivity index (χ1n) is 11.8. The fourth-order valence-corrected chi connectivity index (χ4v) is 4.67. The number of carboxylic acids is 1. The van der Waals surface area contributed by atoms with Crippen LogP contribution in [0, 0.1) is 25.6 Å². The highest BCUT2D eigenvalue weighted by atomic mass is 19.1. The molecule has 1 aliphatic carbocycles. The smallest absolute Gasteiger partial charge is 0.303 e. The Labute approximate surface area is 202 Å². The third kappa shape index (κ3) is 5.01. The molecule has 5 rings (SSSR count). The van der Waals surface area contributed by atoms with Crippen LogP contribution < -0.4 is 4.74 Å². The number of aromatic nitrogens is 4. The highest BCUT2D eigenvalue weighted by Gasteiger charge is 2.25. The van der Waals surface area contributed by atoms with E-state index >= 15 is 0 Å². The van der Waals surface area contributed by atoms with Gasteiger partial charge in [-0.25, -0.2) is 14.4 Å². The first-order chi connectivity index (χ1) is 16.9. The van der Waals surface area contributed by atoms with Crippen LogP contribution in [-0.2, 0) is 4.79 Å². The van der Waals surface area contributed by atoms with Gasteiger partial charge in [0.05, 0.1) is 16.7 Å². The summed E-state index contributed by atoms with van der Waals surface area (Å²) in [7, 11) is 0. The van der Waals surface area contributed by atoms with Gasteiger partial charge < -0.3 is 14.8 Å². The third-order valence-corrected chi connectivity index (χ3v) is 6.66. The summed E-state index contributed by atoms with van der Waals surface area (Å²) in [5, 5.41) is 8.98. The molecule has 0 radical (unpaired) electrons. The van der Waals surface area contributed by atoms with Gasteiger partial charge in [0, 0.05) is 41.6 Å². The number of aryl methyl sites for hydroxylation is 2. The molecule has 1 aromatic carbocycles. The van der Waals surface area contributed by atoms with Gasteiger partial charge >= 0.3 is 5.97 Å². The molecule has 0 spiro atoms. The lowest BCUT2D eigenvalue weighted by atomic mass is 9.85. The number of H-pyrrole nitrogens is 1. The summed E-state index contributed by atoms with van der Waals surface area (Å²) >= 11 is 0. The number of pyridine rings is 2. The summed E-state index contributed by atoms with van der Waals surface area (Å²) < 4.78 is 20.0. The summed E-state index contributed by atoms with van der Waals surface area (Å²) in [6.45, 7) is 3.69. The van der Waals surface area contributed by atoms with Gasteiger partial charge in [-0.2, -0.15) is 0 Å². The molecule has 4 aromatic rings. The molecular formula is C27H27FN4O3. The predicted octanol–water partition coefficient (Wildman–Crippen LogP) is 5.86. The number of halogens is 1. The summed E-state index contributed by atoms with van der Waals surface area (Å²) in [6.07, 6.45) is 7.22. The second kappa shape index (κ2) is 9.44. The summed E-state index contributed by atoms with van der Waals surface area (Å²) in [5.74, 6) is 0.483. The van der Waals surface area contributed by atoms with E-state index in [9.17, 15) is 9.18 Å². The lowest BCUT2D eigenvalue weighted by Crippen LogP contribution is -2.25. The zero-order chi connectivity index (χ0) is 24.5. The van der Waals surface area contributed by atoms with Gasteiger partial charge in [-0.3, -0.25) is 9.78 Å². The number of aliphatic carboxylic acids is 1. The Bertz CT molecular complexity index is 1340. The monoisotopic (exact) mass is 474 g/mol. The lowest BCUT2D eigenvalue weighted by molar-refractivity contribution is -0.138. The Kier molecular flexibility index (Phi) is 6.19. The second-order valence-corrected chi connectivity index (χ2v) is 9.34. The number of hydrogen-bond acceptors (Lipinski definition) is 5. The number of aromatic amines is 1. The first kappa shape index (κ1) is 23.0. The number of carbonyl (C=O) groups is 1. The average Bonchev–Trinajstić information content (AvgIpc) is 3.24. The number of carboxylic acid groups (broad SMARTS) is 1. The van der Waals surface area contributed by atoms with Crippen LogP contribution in [0.25, 0.3) is 33.7 Å². The number of hydrogen-bond donors (Lipinski definition) is 2. The Morgan fingerprint density at radius 1 is 1.06 bits per heavy atom. The van der Waals surface area contributed by atoms with E-state index in [2.05, 4.69) is 19.9 Å². The van der Waals surface area contributed by atoms with E-state index in [0.29, 0.717) is 22.8 Å². The molecule has 7 nitrogen and oxygen atoms in total. The van der Waals surface area contributed by atoms with Crippen LogP contribution in [0.3, 0.4) is 0 Å². The minimum atomic E-state index is -0.729. The number of benzene rings is 1. The van der Waals surface area contributed by atoms with E-state index in [0.717, 1.165) is 53.6 Å². The van der Waals surface area contributed by atoms with Crippen molar-refractivity contribution in [1.82, 2.24) is 19.9 Å². The van der Waals surface area contributed by atoms with Crippen LogP contribution in [0.1, 0.15) is 43.2 Å². The Morgan fingerprint density at radius 3 is 2.51 bits per heavy atom. The predicted molar refractivity (Wildman–Crippen MR) is 131 cm³/mol. The largest absolute Gasteiger partial charge is 0.481 e. The van der Waals surface area contributed by atoms with Crippen molar-refractivity contribution in [2.75, 3.05) is 0 Å². The lowest BCUT2D eigenvalue weighted by Gasteiger charge is -2.28. The van der Waals surface area contributed by atoms with Crippen LogP contribution in [0.2, 0.25) is 0 Å². The van der Waals surface area contributed by atoms with Crippen molar-refractivity contribution in [2.45, 2.75) is 52.1 Å². The summed E-state index contributed by atoms with van der Waals surface area (Å²) in [6, 6.07) is 9.04. The molecule has 0 aliphatic heterocycles. The molecule has 8 heteroatoms. The van der Waals surface area contributed by atoms with E-state index in [1.807, 2.05) is 25.1 Å². The van der Waals surface area contributed by atoms with Crippen LogP contribution in [0.15, 0.2) is 42.7 Å². The molecular weight excluding hydrogens is 447 g/mol. The van der Waals surface area contributed by atoms with Crippen LogP contribution in [-0.4, -0.2) is 37.1 Å². The Balaban J connectivity index is 1.27. The molecule has 0 bridgehead atoms. The normalized spacial score (nSPS) is 18.0. The highest BCUT2D eigenvalue weighted by molar-refractivity contribution is 5.80. The second-order valence-electron chi connectivity index (χ2n) is 9.34. The fraction of sp³-hybridized carbons (Fsp3) is 0.333. The molecule has 2 N–H and O–H groups in total. The number of nitrogens with zero attached hydrogens (tertiary/aromatic N) is 3. The van der Waals surface area contributed by atoms with Gasteiger partial charge in [0.2, 0.25) is 5.88 Å². The topological polar surface area (TPSA) is 101 Å². The molecule has 1 fully saturated rings. The SMILES string of the molecule is Cc1cc2[nH]c(-c3ccc(-c4cnc(O[C@H]5CC[C@H](CC(=O)O)CC5)c(C)c4)nc3)nc2cc1F. The minimum Gasteiger partial charge on any atom is -0.481 e. The van der Waals surface area contributed by atoms with Crippen LogP contribution in [0.5, 0.6) is 5.88 Å². The molecule has 35 heavy (non-hydrogen) atoms. The van der Waals surface area contributed by atoms with Gasteiger partial charge in [-0.05, 0) is 75.3 Å². The molecule has 180 valence electrons. The maximum atomic E-state index is 13.8. The Hall–Kier alpha value is -3.81. The van der Waals surface area contributed by atoms with Crippen molar-refractivity contribution < 1.29 is 19.0 Å². The van der Waals surface area contributed by atoms with Gasteiger partial charge in [-0.1, -0.05) is 0 Å². The van der Waals surface area contributed by atoms with Crippen molar-refractivity contribution in [3.8, 4) is 28.5 Å². The van der Waals surface area contributed by atoms with Gasteiger partial charge in [0.25, 0.3) is 0 Å². The zero-order valence-corrected chi connectivity index (χ0v) is 19.7. The van der Waals surface area contributed by atoms with Crippen molar-refractivity contribution in [3.63, 3.8) is 0 Å². The van der Waals surface area contributed by atoms with Crippen molar-refractivity contribution >= 4 is 17.0 Å². The van der Waals surface area contributed by atoms with Crippen molar-refractivity contribution in [2.24, 2.45) is 5.92 Å². The number of nitrogens with one attached hydrogen (secondary N) is 1. The standard InChI is InChI=1S/C27H27FN4O3/c1-15-10-23-24(12-21(15)28)32-26(31-23)18-5-8-22(29-13-18)19-9-16(2)27(30-14-19)35-20-6-3-17(4-7-20)11-25(33)34/h5,8-10,12-14,17,20H,3-4,6-7,11H2,1-2H3,(H,31,32)(H,33,34)/t17-,20-. The van der Waals surface area contributed by atoms with E-state index in [4.69, 9.17) is 9.84 Å². The Morgan fingerprint density at radius 2 is 1.83 bits per heavy atom. The quantitative estimate of drug-likeness (QED) is 0.363. The van der Waals surface area contributed by atoms with Gasteiger partial charge in [0.15, 0.2) is 0 Å². The molecule has 0 saturated heterocycles. The molecule has 3 heterocycles. The van der Waals surface area contributed by atoms with Gasteiger partial charge in [-0.15, -0.1) is 0 Å². The number of ether oxygens (including phenoxy) is 1. The van der Waals surface area contributed by atoms with E-state index in [1.165, 1.54) is 6.07 Å². The molecule has 1 aliphatic rings. The average molecular weight is 475 g/mol. The fourth-order valence-electron chi connectivity index (χ4n) is 4.67. The number of imidazole rings is 1.